The average molecular weight is 299 g/mol. The zero-order chi connectivity index (χ0) is 10.8. The van der Waals surface area contributed by atoms with Gasteiger partial charge < -0.3 is 20.1 Å². The smallest absolute Gasteiger partial charge is 0.0510 e. The molecule has 0 spiro atoms. The lowest BCUT2D eigenvalue weighted by atomic mass is 10.0. The number of halogens is 2. The number of rotatable bonds is 0. The minimum absolute atomic E-state index is 0. The van der Waals surface area contributed by atoms with Crippen molar-refractivity contribution in [3.8, 4) is 0 Å². The quantitative estimate of drug-likeness (QED) is 0.685. The highest BCUT2D eigenvalue weighted by Crippen LogP contribution is 2.23. The maximum atomic E-state index is 5.27. The zero-order valence-electron chi connectivity index (χ0n) is 10.6. The maximum Gasteiger partial charge on any atom is 0.0510 e. The molecular formula is C12H24Cl2N2O2. The Morgan fingerprint density at radius 3 is 1.11 bits per heavy atom. The summed E-state index contributed by atoms with van der Waals surface area (Å²) < 4.78 is 10.5. The lowest BCUT2D eigenvalue weighted by molar-refractivity contribution is 0.175. The molecule has 0 aromatic carbocycles. The van der Waals surface area contributed by atoms with Gasteiger partial charge in [-0.25, -0.2) is 0 Å². The Morgan fingerprint density at radius 1 is 0.556 bits per heavy atom. The summed E-state index contributed by atoms with van der Waals surface area (Å²) in [6, 6.07) is 0. The molecule has 0 radical (unpaired) electrons. The van der Waals surface area contributed by atoms with E-state index in [9.17, 15) is 0 Å². The Hall–Kier alpha value is 0.420. The van der Waals surface area contributed by atoms with E-state index >= 15 is 0 Å². The fourth-order valence-corrected chi connectivity index (χ4v) is 3.10. The van der Waals surface area contributed by atoms with Crippen LogP contribution in [-0.2, 0) is 9.47 Å². The molecule has 4 rings (SSSR count). The second kappa shape index (κ2) is 7.88. The van der Waals surface area contributed by atoms with Gasteiger partial charge in [-0.2, -0.15) is 0 Å². The molecule has 4 atom stereocenters. The van der Waals surface area contributed by atoms with Crippen LogP contribution in [-0.4, -0.2) is 52.6 Å². The third-order valence-corrected chi connectivity index (χ3v) is 4.29. The SMILES string of the molecule is C1NC[C@@H]2COC[C@@H]12.C1NC[C@H]2COC[C@H]12.Cl.Cl. The van der Waals surface area contributed by atoms with Crippen molar-refractivity contribution in [3.05, 3.63) is 0 Å². The molecule has 108 valence electrons. The number of nitrogens with one attached hydrogen (secondary N) is 2. The van der Waals surface area contributed by atoms with Gasteiger partial charge in [0.05, 0.1) is 26.4 Å². The Kier molecular flexibility index (Phi) is 7.21. The van der Waals surface area contributed by atoms with E-state index < -0.39 is 0 Å². The van der Waals surface area contributed by atoms with Crippen molar-refractivity contribution >= 4 is 24.8 Å². The highest BCUT2D eigenvalue weighted by Gasteiger charge is 2.32. The first-order valence-corrected chi connectivity index (χ1v) is 6.50. The van der Waals surface area contributed by atoms with Gasteiger partial charge in [0.15, 0.2) is 0 Å². The second-order valence-electron chi connectivity index (χ2n) is 5.43. The molecule has 0 unspecified atom stereocenters. The molecule has 0 bridgehead atoms. The first kappa shape index (κ1) is 16.5. The van der Waals surface area contributed by atoms with E-state index in [1.54, 1.807) is 0 Å². The van der Waals surface area contributed by atoms with Gasteiger partial charge in [-0.15, -0.1) is 24.8 Å². The van der Waals surface area contributed by atoms with E-state index in [1.807, 2.05) is 0 Å². The van der Waals surface area contributed by atoms with Crippen molar-refractivity contribution in [3.63, 3.8) is 0 Å². The Labute approximate surface area is 121 Å². The molecule has 18 heavy (non-hydrogen) atoms. The van der Waals surface area contributed by atoms with Crippen molar-refractivity contribution in [2.45, 2.75) is 0 Å². The number of fused-ring (bicyclic) bond motifs is 2. The summed E-state index contributed by atoms with van der Waals surface area (Å²) in [7, 11) is 0. The Morgan fingerprint density at radius 2 is 0.833 bits per heavy atom. The summed E-state index contributed by atoms with van der Waals surface area (Å²) in [5.74, 6) is 3.37. The number of hydrogen-bond acceptors (Lipinski definition) is 4. The van der Waals surface area contributed by atoms with Crippen molar-refractivity contribution < 1.29 is 9.47 Å². The van der Waals surface area contributed by atoms with Crippen molar-refractivity contribution in [2.75, 3.05) is 52.6 Å². The number of hydrogen-bond donors (Lipinski definition) is 2. The van der Waals surface area contributed by atoms with Gasteiger partial charge in [-0.1, -0.05) is 0 Å². The molecule has 4 aliphatic rings. The molecule has 4 aliphatic heterocycles. The van der Waals surface area contributed by atoms with Crippen LogP contribution < -0.4 is 10.6 Å². The minimum atomic E-state index is 0. The van der Waals surface area contributed by atoms with E-state index in [1.165, 1.54) is 26.2 Å². The van der Waals surface area contributed by atoms with Gasteiger partial charge in [0.2, 0.25) is 0 Å². The van der Waals surface area contributed by atoms with Crippen LogP contribution in [0.4, 0.5) is 0 Å². The molecule has 0 aromatic heterocycles. The topological polar surface area (TPSA) is 42.5 Å². The van der Waals surface area contributed by atoms with Gasteiger partial charge in [0.25, 0.3) is 0 Å². The van der Waals surface area contributed by atoms with E-state index in [2.05, 4.69) is 10.6 Å². The standard InChI is InChI=1S/2C6H11NO.2ClH/c2*1-5-3-8-4-6(5)2-7-1;;/h2*5-7H,1-4H2;2*1H/t2*5-,6-;;/m10../s1. The van der Waals surface area contributed by atoms with E-state index in [0.717, 1.165) is 50.1 Å². The highest BCUT2D eigenvalue weighted by molar-refractivity contribution is 5.85. The van der Waals surface area contributed by atoms with Gasteiger partial charge >= 0.3 is 0 Å². The zero-order valence-corrected chi connectivity index (χ0v) is 12.2. The predicted molar refractivity (Wildman–Crippen MR) is 75.8 cm³/mol. The Balaban J connectivity index is 0.000000162. The Bertz CT molecular complexity index is 182. The molecule has 0 saturated carbocycles. The first-order valence-electron chi connectivity index (χ1n) is 6.50. The van der Waals surface area contributed by atoms with E-state index in [4.69, 9.17) is 9.47 Å². The van der Waals surface area contributed by atoms with Crippen LogP contribution in [0.2, 0.25) is 0 Å². The fraction of sp³-hybridized carbons (Fsp3) is 1.00. The van der Waals surface area contributed by atoms with Gasteiger partial charge in [0.1, 0.15) is 0 Å². The molecule has 4 nitrogen and oxygen atoms in total. The average Bonchev–Trinajstić information content (AvgIpc) is 2.99. The molecule has 0 aromatic rings. The summed E-state index contributed by atoms with van der Waals surface area (Å²) >= 11 is 0. The molecule has 4 heterocycles. The molecule has 6 heteroatoms. The predicted octanol–water partition coefficient (Wildman–Crippen LogP) is 0.548. The summed E-state index contributed by atoms with van der Waals surface area (Å²) in [4.78, 5) is 0. The van der Waals surface area contributed by atoms with Crippen molar-refractivity contribution in [1.29, 1.82) is 0 Å². The van der Waals surface area contributed by atoms with Crippen LogP contribution in [0.3, 0.4) is 0 Å². The second-order valence-corrected chi connectivity index (χ2v) is 5.43. The molecule has 0 amide bonds. The van der Waals surface area contributed by atoms with Crippen LogP contribution in [0.25, 0.3) is 0 Å². The lowest BCUT2D eigenvalue weighted by Crippen LogP contribution is -2.11. The van der Waals surface area contributed by atoms with Gasteiger partial charge in [-0.05, 0) is 0 Å². The van der Waals surface area contributed by atoms with Crippen LogP contribution in [0, 0.1) is 23.7 Å². The maximum absolute atomic E-state index is 5.27. The van der Waals surface area contributed by atoms with Crippen LogP contribution in [0.5, 0.6) is 0 Å². The third-order valence-electron chi connectivity index (χ3n) is 4.29. The monoisotopic (exact) mass is 298 g/mol. The van der Waals surface area contributed by atoms with Gasteiger partial charge in [0, 0.05) is 49.9 Å². The van der Waals surface area contributed by atoms with Crippen molar-refractivity contribution in [2.24, 2.45) is 23.7 Å². The van der Waals surface area contributed by atoms with Crippen LogP contribution >= 0.6 is 24.8 Å². The van der Waals surface area contributed by atoms with Gasteiger partial charge in [-0.3, -0.25) is 0 Å². The summed E-state index contributed by atoms with van der Waals surface area (Å²) in [5.41, 5.74) is 0. The van der Waals surface area contributed by atoms with Crippen molar-refractivity contribution in [1.82, 2.24) is 10.6 Å². The van der Waals surface area contributed by atoms with Crippen LogP contribution in [0.15, 0.2) is 0 Å². The lowest BCUT2D eigenvalue weighted by Gasteiger charge is -1.99. The normalized spacial score (nSPS) is 40.0. The fourth-order valence-electron chi connectivity index (χ4n) is 3.10. The van der Waals surface area contributed by atoms with E-state index in [0.29, 0.717) is 0 Å². The first-order chi connectivity index (χ1) is 7.93. The summed E-state index contributed by atoms with van der Waals surface area (Å²) in [6.07, 6.45) is 0. The third kappa shape index (κ3) is 3.71. The number of ether oxygens (including phenoxy) is 2. The largest absolute Gasteiger partial charge is 0.381 e. The molecular weight excluding hydrogens is 275 g/mol. The molecule has 0 aliphatic carbocycles. The summed E-state index contributed by atoms with van der Waals surface area (Å²) in [5, 5.41) is 6.69. The molecule has 2 N–H and O–H groups in total. The van der Waals surface area contributed by atoms with E-state index in [-0.39, 0.29) is 24.8 Å². The highest BCUT2D eigenvalue weighted by atomic mass is 35.5. The molecule has 4 saturated heterocycles. The van der Waals surface area contributed by atoms with Crippen LogP contribution in [0.1, 0.15) is 0 Å². The summed E-state index contributed by atoms with van der Waals surface area (Å²) in [6.45, 7) is 8.73. The minimum Gasteiger partial charge on any atom is -0.381 e. The molecule has 4 fully saturated rings.